The van der Waals surface area contributed by atoms with Crippen molar-refractivity contribution < 1.29 is 9.60 Å². The van der Waals surface area contributed by atoms with Crippen LogP contribution in [0.25, 0.3) is 83.9 Å². The molecule has 0 amide bonds. The van der Waals surface area contributed by atoms with Gasteiger partial charge in [0.25, 0.3) is 0 Å². The van der Waals surface area contributed by atoms with E-state index in [9.17, 15) is 1.37 Å². The van der Waals surface area contributed by atoms with Crippen LogP contribution in [0.15, 0.2) is 182 Å². The molecule has 9 rings (SSSR count). The molecule has 4 nitrogen and oxygen atoms in total. The van der Waals surface area contributed by atoms with Crippen molar-refractivity contribution in [3.63, 3.8) is 0 Å². The van der Waals surface area contributed by atoms with Crippen molar-refractivity contribution in [3.8, 4) is 62.1 Å². The van der Waals surface area contributed by atoms with Crippen LogP contribution >= 0.6 is 0 Å². The van der Waals surface area contributed by atoms with E-state index in [-0.39, 0.29) is 57.4 Å². The lowest BCUT2D eigenvalue weighted by Gasteiger charge is -2.13. The average Bonchev–Trinajstić information content (AvgIpc) is 3.61. The topological polar surface area (TPSA) is 43.6 Å². The Hall–Kier alpha value is -6.65. The number of benzene rings is 7. The van der Waals surface area contributed by atoms with E-state index in [1.165, 1.54) is 0 Å². The molecule has 0 unspecified atom stereocenters. The molecule has 2 heterocycles. The predicted octanol–water partition coefficient (Wildman–Crippen LogP) is 11.3. The first-order valence-electron chi connectivity index (χ1n) is 19.4. The number of hydrogen-bond donors (Lipinski definition) is 0. The van der Waals surface area contributed by atoms with E-state index < -0.39 is 18.1 Å². The summed E-state index contributed by atoms with van der Waals surface area (Å²) >= 11 is 0. The predicted molar refractivity (Wildman–Crippen MR) is 201 cm³/mol. The summed E-state index contributed by atoms with van der Waals surface area (Å²) in [5.41, 5.74) is 6.48. The molecular formula is C45H30N4. The van der Waals surface area contributed by atoms with Gasteiger partial charge in [0, 0.05) is 33.2 Å². The molecule has 9 aromatic rings. The Balaban J connectivity index is 1.36. The highest BCUT2D eigenvalue weighted by Crippen LogP contribution is 2.38. The Morgan fingerprint density at radius 1 is 0.388 bits per heavy atom. The summed E-state index contributed by atoms with van der Waals surface area (Å²) in [6.45, 7) is 0. The molecule has 0 aliphatic rings. The Kier molecular flexibility index (Phi) is 5.47. The van der Waals surface area contributed by atoms with Gasteiger partial charge in [-0.2, -0.15) is 0 Å². The summed E-state index contributed by atoms with van der Waals surface area (Å²) in [5.74, 6) is 0.692. The van der Waals surface area contributed by atoms with Gasteiger partial charge in [0.05, 0.1) is 20.6 Å². The molecule has 0 spiro atoms. The molecule has 0 saturated carbocycles. The Bertz CT molecular complexity index is 2850. The lowest BCUT2D eigenvalue weighted by molar-refractivity contribution is 1.07. The molecule has 0 aliphatic heterocycles. The smallest absolute Gasteiger partial charge is 0.166 e. The van der Waals surface area contributed by atoms with E-state index in [0.717, 1.165) is 22.3 Å². The number of hydrogen-bond acceptors (Lipinski definition) is 3. The highest BCUT2D eigenvalue weighted by atomic mass is 15.0. The van der Waals surface area contributed by atoms with Crippen LogP contribution in [-0.2, 0) is 0 Å². The molecule has 4 heteroatoms. The first-order valence-corrected chi connectivity index (χ1v) is 15.9. The second kappa shape index (κ2) is 12.2. The largest absolute Gasteiger partial charge is 0.309 e. The average molecular weight is 634 g/mol. The minimum atomic E-state index is -0.459. The standard InChI is InChI=1S/C45H30N4/c1-4-13-31(14-5-1)33-23-27-35(28-24-33)43-46-44(36-29-25-34(26-30-36)32-15-6-2-7-16-32)48-45(47-43)40-21-12-20-39-38-19-10-11-22-41(38)49(42(39)40)37-17-8-3-9-18-37/h1-30H/i10D,11D,12D,19D,20D,21D,22D. The summed E-state index contributed by atoms with van der Waals surface area (Å²) in [7, 11) is 0. The fraction of sp³-hybridized carbons (Fsp3) is 0. The molecule has 0 N–H and O–H groups in total. The molecule has 0 bridgehead atoms. The lowest BCUT2D eigenvalue weighted by atomic mass is 10.0. The zero-order valence-corrected chi connectivity index (χ0v) is 26.1. The van der Waals surface area contributed by atoms with E-state index in [0.29, 0.717) is 28.5 Å². The fourth-order valence-electron chi connectivity index (χ4n) is 6.20. The van der Waals surface area contributed by atoms with Crippen LogP contribution in [0.4, 0.5) is 0 Å². The van der Waals surface area contributed by atoms with Gasteiger partial charge in [0.1, 0.15) is 0 Å². The van der Waals surface area contributed by atoms with Crippen molar-refractivity contribution in [2.24, 2.45) is 0 Å². The SMILES string of the molecule is [2H]c1c([2H])c([2H])c2c(c1[2H])c1c([2H])c([2H])c([2H])c(-c3nc(-c4ccc(-c5ccccc5)cc4)nc(-c4ccc(-c5ccccc5)cc4)n3)c1n2-c1ccccc1. The van der Waals surface area contributed by atoms with Gasteiger partial charge in [0.2, 0.25) is 0 Å². The molecule has 2 aromatic heterocycles. The van der Waals surface area contributed by atoms with Gasteiger partial charge in [0.15, 0.2) is 17.5 Å². The van der Waals surface area contributed by atoms with Crippen molar-refractivity contribution in [2.45, 2.75) is 0 Å². The van der Waals surface area contributed by atoms with Crippen molar-refractivity contribution in [1.29, 1.82) is 0 Å². The maximum Gasteiger partial charge on any atom is 0.166 e. The minimum absolute atomic E-state index is 0.0583. The zero-order chi connectivity index (χ0) is 38.7. The van der Waals surface area contributed by atoms with Gasteiger partial charge in [-0.1, -0.05) is 158 Å². The van der Waals surface area contributed by atoms with E-state index in [1.54, 1.807) is 28.8 Å². The first-order chi connectivity index (χ1) is 27.2. The number of rotatable bonds is 6. The van der Waals surface area contributed by atoms with Crippen molar-refractivity contribution >= 4 is 21.8 Å². The normalized spacial score (nSPS) is 13.3. The quantitative estimate of drug-likeness (QED) is 0.183. The lowest BCUT2D eigenvalue weighted by Crippen LogP contribution is -2.02. The molecule has 230 valence electrons. The van der Waals surface area contributed by atoms with Crippen molar-refractivity contribution in [2.75, 3.05) is 0 Å². The number of aromatic nitrogens is 4. The number of nitrogens with zero attached hydrogens (tertiary/aromatic N) is 4. The molecule has 0 radical (unpaired) electrons. The van der Waals surface area contributed by atoms with E-state index in [2.05, 4.69) is 0 Å². The Labute approximate surface area is 294 Å². The third-order valence-electron chi connectivity index (χ3n) is 8.59. The van der Waals surface area contributed by atoms with Gasteiger partial charge < -0.3 is 4.57 Å². The fourth-order valence-corrected chi connectivity index (χ4v) is 6.20. The van der Waals surface area contributed by atoms with E-state index in [1.807, 2.05) is 115 Å². The molecule has 49 heavy (non-hydrogen) atoms. The zero-order valence-electron chi connectivity index (χ0n) is 33.1. The summed E-state index contributed by atoms with van der Waals surface area (Å²) in [5, 5.41) is 0.187. The van der Waals surface area contributed by atoms with Crippen molar-refractivity contribution in [1.82, 2.24) is 19.5 Å². The summed E-state index contributed by atoms with van der Waals surface area (Å²) in [6, 6.07) is 42.1. The van der Waals surface area contributed by atoms with E-state index >= 15 is 0 Å². The van der Waals surface area contributed by atoms with Gasteiger partial charge >= 0.3 is 0 Å². The van der Waals surface area contributed by atoms with Crippen LogP contribution in [-0.4, -0.2) is 19.5 Å². The Morgan fingerprint density at radius 3 is 1.41 bits per heavy atom. The second-order valence-corrected chi connectivity index (χ2v) is 11.6. The van der Waals surface area contributed by atoms with Crippen molar-refractivity contribution in [3.05, 3.63) is 182 Å². The summed E-state index contributed by atoms with van der Waals surface area (Å²) < 4.78 is 64.4. The summed E-state index contributed by atoms with van der Waals surface area (Å²) in [4.78, 5) is 14.9. The highest BCUT2D eigenvalue weighted by molar-refractivity contribution is 6.13. The van der Waals surface area contributed by atoms with Crippen LogP contribution in [0.3, 0.4) is 0 Å². The monoisotopic (exact) mass is 633 g/mol. The van der Waals surface area contributed by atoms with Crippen LogP contribution in [0, 0.1) is 0 Å². The van der Waals surface area contributed by atoms with Gasteiger partial charge in [-0.05, 0) is 46.5 Å². The molecule has 0 aliphatic carbocycles. The van der Waals surface area contributed by atoms with Gasteiger partial charge in [-0.15, -0.1) is 0 Å². The van der Waals surface area contributed by atoms with Gasteiger partial charge in [-0.3, -0.25) is 0 Å². The van der Waals surface area contributed by atoms with Crippen LogP contribution in [0.2, 0.25) is 0 Å². The number of para-hydroxylation sites is 3. The van der Waals surface area contributed by atoms with Crippen LogP contribution in [0.5, 0.6) is 0 Å². The van der Waals surface area contributed by atoms with Crippen LogP contribution in [0.1, 0.15) is 9.60 Å². The molecule has 7 aromatic carbocycles. The maximum atomic E-state index is 9.39. The highest BCUT2D eigenvalue weighted by Gasteiger charge is 2.20. The third kappa shape index (κ3) is 5.26. The Morgan fingerprint density at radius 2 is 0.837 bits per heavy atom. The first kappa shape index (κ1) is 22.0. The molecule has 0 fully saturated rings. The maximum absolute atomic E-state index is 9.39. The van der Waals surface area contributed by atoms with E-state index in [4.69, 9.17) is 23.2 Å². The number of fused-ring (bicyclic) bond motifs is 3. The molecular weight excluding hydrogens is 597 g/mol. The third-order valence-corrected chi connectivity index (χ3v) is 8.59. The van der Waals surface area contributed by atoms with Gasteiger partial charge in [-0.25, -0.2) is 15.0 Å². The van der Waals surface area contributed by atoms with Crippen LogP contribution < -0.4 is 0 Å². The summed E-state index contributed by atoms with van der Waals surface area (Å²) in [6.07, 6.45) is 0. The minimum Gasteiger partial charge on any atom is -0.309 e. The molecule has 0 atom stereocenters. The second-order valence-electron chi connectivity index (χ2n) is 11.6. The molecule has 0 saturated heterocycles.